The second-order valence-electron chi connectivity index (χ2n) is 9.24. The Morgan fingerprint density at radius 1 is 0.800 bits per heavy atom. The van der Waals surface area contributed by atoms with Gasteiger partial charge in [-0.25, -0.2) is 0 Å². The van der Waals surface area contributed by atoms with Crippen LogP contribution in [0.2, 0.25) is 0 Å². The normalized spacial score (nSPS) is 20.7. The van der Waals surface area contributed by atoms with Gasteiger partial charge < -0.3 is 19.4 Å². The molecule has 0 atom stereocenters. The highest BCUT2D eigenvalue weighted by Gasteiger charge is 2.34. The third-order valence-electron chi connectivity index (χ3n) is 7.00. The molecule has 0 aromatic heterocycles. The fourth-order valence-corrected chi connectivity index (χ4v) is 4.80. The molecule has 3 fully saturated rings. The van der Waals surface area contributed by atoms with Gasteiger partial charge in [0.2, 0.25) is 11.8 Å². The fourth-order valence-electron chi connectivity index (χ4n) is 4.80. The topological polar surface area (TPSA) is 73.4 Å². The van der Waals surface area contributed by atoms with E-state index in [2.05, 4.69) is 4.90 Å². The minimum absolute atomic E-state index is 0.0481. The summed E-state index contributed by atoms with van der Waals surface area (Å²) in [5.41, 5.74) is -0.582. The lowest BCUT2D eigenvalue weighted by Crippen LogP contribution is -2.55. The lowest BCUT2D eigenvalue weighted by Gasteiger charge is -2.39. The summed E-state index contributed by atoms with van der Waals surface area (Å²) in [4.78, 5) is 45.6. The van der Waals surface area contributed by atoms with Gasteiger partial charge in [0.15, 0.2) is 0 Å². The molecule has 0 N–H and O–H groups in total. The molecular formula is C24H31F3N4O4. The fraction of sp³-hybridized carbons (Fsp3) is 0.625. The highest BCUT2D eigenvalue weighted by molar-refractivity contribution is 5.94. The van der Waals surface area contributed by atoms with Crippen LogP contribution in [-0.2, 0) is 20.5 Å². The zero-order valence-electron chi connectivity index (χ0n) is 19.6. The van der Waals surface area contributed by atoms with E-state index in [0.29, 0.717) is 71.9 Å². The van der Waals surface area contributed by atoms with Gasteiger partial charge in [-0.15, -0.1) is 0 Å². The largest absolute Gasteiger partial charge is 0.416 e. The van der Waals surface area contributed by atoms with E-state index < -0.39 is 11.7 Å². The van der Waals surface area contributed by atoms with Crippen molar-refractivity contribution in [2.75, 3.05) is 72.1 Å². The third-order valence-corrected chi connectivity index (χ3v) is 7.00. The van der Waals surface area contributed by atoms with Crippen LogP contribution in [0.4, 0.5) is 13.2 Å². The number of carbonyl (C=O) groups excluding carboxylic acids is 3. The predicted octanol–water partition coefficient (Wildman–Crippen LogP) is 1.56. The number of carbonyl (C=O) groups is 3. The van der Waals surface area contributed by atoms with E-state index in [1.54, 1.807) is 9.80 Å². The van der Waals surface area contributed by atoms with Crippen LogP contribution in [0.1, 0.15) is 28.8 Å². The highest BCUT2D eigenvalue weighted by atomic mass is 19.4. The summed E-state index contributed by atoms with van der Waals surface area (Å²) in [6.45, 7) is 5.96. The number of morpholine rings is 1. The molecule has 0 spiro atoms. The van der Waals surface area contributed by atoms with Crippen LogP contribution in [0, 0.1) is 5.92 Å². The number of amides is 3. The molecule has 4 rings (SSSR count). The Morgan fingerprint density at radius 3 is 1.94 bits per heavy atom. The summed E-state index contributed by atoms with van der Waals surface area (Å²) in [6.07, 6.45) is -3.41. The van der Waals surface area contributed by atoms with Crippen LogP contribution in [0.5, 0.6) is 0 Å². The van der Waals surface area contributed by atoms with Crippen LogP contribution >= 0.6 is 0 Å². The average molecular weight is 497 g/mol. The van der Waals surface area contributed by atoms with Crippen molar-refractivity contribution < 1.29 is 32.3 Å². The molecule has 0 unspecified atom stereocenters. The maximum Gasteiger partial charge on any atom is 0.416 e. The summed E-state index contributed by atoms with van der Waals surface area (Å²) in [5, 5.41) is 0. The maximum atomic E-state index is 13.0. The summed E-state index contributed by atoms with van der Waals surface area (Å²) in [6, 6.07) is 4.22. The molecule has 0 aliphatic carbocycles. The monoisotopic (exact) mass is 496 g/mol. The number of rotatable bonds is 4. The Bertz CT molecular complexity index is 902. The molecule has 11 heteroatoms. The molecule has 1 aromatic rings. The first-order valence-electron chi connectivity index (χ1n) is 12.1. The second kappa shape index (κ2) is 10.9. The minimum Gasteiger partial charge on any atom is -0.379 e. The molecule has 35 heavy (non-hydrogen) atoms. The Hall–Kier alpha value is -2.66. The van der Waals surface area contributed by atoms with Gasteiger partial charge in [0.25, 0.3) is 5.91 Å². The Kier molecular flexibility index (Phi) is 7.95. The molecular weight excluding hydrogens is 465 g/mol. The van der Waals surface area contributed by atoms with E-state index in [4.69, 9.17) is 4.74 Å². The van der Waals surface area contributed by atoms with E-state index in [1.807, 2.05) is 4.90 Å². The van der Waals surface area contributed by atoms with E-state index in [9.17, 15) is 27.6 Å². The molecule has 1 aromatic carbocycles. The first-order valence-corrected chi connectivity index (χ1v) is 12.1. The Balaban J connectivity index is 1.21. The van der Waals surface area contributed by atoms with Crippen molar-refractivity contribution in [1.29, 1.82) is 0 Å². The SMILES string of the molecule is O=C(CN1CCOCC1)N1CCN(C(=O)C2CCN(C(=O)c3ccc(C(F)(F)F)cc3)CC2)CC1. The Morgan fingerprint density at radius 2 is 1.37 bits per heavy atom. The van der Waals surface area contributed by atoms with Gasteiger partial charge in [-0.05, 0) is 37.1 Å². The molecule has 3 heterocycles. The quantitative estimate of drug-likeness (QED) is 0.633. The molecule has 8 nitrogen and oxygen atoms in total. The standard InChI is InChI=1S/C24H31F3N4O4/c25-24(26,27)20-3-1-18(2-4-20)22(33)30-7-5-19(6-8-30)23(34)31-11-9-29(10-12-31)21(32)17-28-13-15-35-16-14-28/h1-4,19H,5-17H2. The van der Waals surface area contributed by atoms with Gasteiger partial charge in [0, 0.05) is 63.8 Å². The van der Waals surface area contributed by atoms with Gasteiger partial charge in [-0.3, -0.25) is 19.3 Å². The first-order chi connectivity index (χ1) is 16.7. The maximum absolute atomic E-state index is 13.0. The highest BCUT2D eigenvalue weighted by Crippen LogP contribution is 2.29. The number of alkyl halides is 3. The number of halogens is 3. The van der Waals surface area contributed by atoms with Crippen molar-refractivity contribution in [2.24, 2.45) is 5.92 Å². The van der Waals surface area contributed by atoms with E-state index in [0.717, 1.165) is 25.2 Å². The number of piperazine rings is 1. The molecule has 3 aliphatic rings. The molecule has 3 saturated heterocycles. The first kappa shape index (κ1) is 25.4. The number of ether oxygens (including phenoxy) is 1. The van der Waals surface area contributed by atoms with Crippen molar-refractivity contribution in [2.45, 2.75) is 19.0 Å². The molecule has 192 valence electrons. The number of likely N-dealkylation sites (tertiary alicyclic amines) is 1. The molecule has 0 bridgehead atoms. The molecule has 3 amide bonds. The molecule has 0 saturated carbocycles. The summed E-state index contributed by atoms with van der Waals surface area (Å²) in [7, 11) is 0. The van der Waals surface area contributed by atoms with Gasteiger partial charge in [0.1, 0.15) is 0 Å². The second-order valence-corrected chi connectivity index (χ2v) is 9.24. The van der Waals surface area contributed by atoms with Crippen molar-refractivity contribution in [3.05, 3.63) is 35.4 Å². The minimum atomic E-state index is -4.44. The van der Waals surface area contributed by atoms with Gasteiger partial charge >= 0.3 is 6.18 Å². The lowest BCUT2D eigenvalue weighted by atomic mass is 9.94. The number of hydrogen-bond donors (Lipinski definition) is 0. The van der Waals surface area contributed by atoms with Crippen LogP contribution in [0.3, 0.4) is 0 Å². The van der Waals surface area contributed by atoms with Crippen molar-refractivity contribution in [3.8, 4) is 0 Å². The van der Waals surface area contributed by atoms with Crippen LogP contribution in [0.25, 0.3) is 0 Å². The number of piperidine rings is 1. The smallest absolute Gasteiger partial charge is 0.379 e. The van der Waals surface area contributed by atoms with Crippen LogP contribution in [-0.4, -0.2) is 109 Å². The third kappa shape index (κ3) is 6.32. The average Bonchev–Trinajstić information content (AvgIpc) is 2.88. The summed E-state index contributed by atoms with van der Waals surface area (Å²) < 4.78 is 43.6. The number of hydrogen-bond acceptors (Lipinski definition) is 5. The van der Waals surface area contributed by atoms with Crippen molar-refractivity contribution in [1.82, 2.24) is 19.6 Å². The Labute approximate surface area is 202 Å². The van der Waals surface area contributed by atoms with Gasteiger partial charge in [0.05, 0.1) is 25.3 Å². The van der Waals surface area contributed by atoms with Gasteiger partial charge in [-0.1, -0.05) is 0 Å². The predicted molar refractivity (Wildman–Crippen MR) is 120 cm³/mol. The van der Waals surface area contributed by atoms with Crippen molar-refractivity contribution in [3.63, 3.8) is 0 Å². The van der Waals surface area contributed by atoms with E-state index in [-0.39, 0.29) is 29.2 Å². The van der Waals surface area contributed by atoms with Crippen molar-refractivity contribution >= 4 is 17.7 Å². The number of benzene rings is 1. The van der Waals surface area contributed by atoms with E-state index >= 15 is 0 Å². The van der Waals surface area contributed by atoms with Crippen LogP contribution in [0.15, 0.2) is 24.3 Å². The summed E-state index contributed by atoms with van der Waals surface area (Å²) >= 11 is 0. The molecule has 0 radical (unpaired) electrons. The molecule has 3 aliphatic heterocycles. The van der Waals surface area contributed by atoms with E-state index in [1.165, 1.54) is 12.1 Å². The number of nitrogens with zero attached hydrogens (tertiary/aromatic N) is 4. The van der Waals surface area contributed by atoms with Crippen LogP contribution < -0.4 is 0 Å². The lowest BCUT2D eigenvalue weighted by molar-refractivity contribution is -0.143. The summed E-state index contributed by atoms with van der Waals surface area (Å²) in [5.74, 6) is -0.389. The zero-order valence-corrected chi connectivity index (χ0v) is 19.6. The van der Waals surface area contributed by atoms with Gasteiger partial charge in [-0.2, -0.15) is 13.2 Å². The zero-order chi connectivity index (χ0) is 25.0.